The van der Waals surface area contributed by atoms with Crippen molar-refractivity contribution in [3.8, 4) is 0 Å². The minimum atomic E-state index is 0. The Hall–Kier alpha value is -0.160. The molecule has 1 unspecified atom stereocenters. The van der Waals surface area contributed by atoms with Crippen molar-refractivity contribution < 1.29 is 0 Å². The van der Waals surface area contributed by atoms with Gasteiger partial charge in [0.15, 0.2) is 0 Å². The molecule has 0 aromatic carbocycles. The van der Waals surface area contributed by atoms with E-state index >= 15 is 0 Å². The summed E-state index contributed by atoms with van der Waals surface area (Å²) in [4.78, 5) is 8.20. The van der Waals surface area contributed by atoms with E-state index in [1.165, 1.54) is 29.3 Å². The predicted octanol–water partition coefficient (Wildman–Crippen LogP) is 2.05. The van der Waals surface area contributed by atoms with E-state index < -0.39 is 0 Å². The van der Waals surface area contributed by atoms with Crippen LogP contribution in [0, 0.1) is 0 Å². The number of halogens is 1. The molecule has 1 saturated heterocycles. The van der Waals surface area contributed by atoms with Crippen molar-refractivity contribution in [2.24, 2.45) is 5.73 Å². The lowest BCUT2D eigenvalue weighted by Crippen LogP contribution is -2.42. The lowest BCUT2D eigenvalue weighted by molar-refractivity contribution is 0.203. The third-order valence-corrected chi connectivity index (χ3v) is 3.95. The molecule has 92 valence electrons. The fraction of sp³-hybridized carbons (Fsp3) is 0.727. The van der Waals surface area contributed by atoms with Gasteiger partial charge in [-0.2, -0.15) is 0 Å². The van der Waals surface area contributed by atoms with Gasteiger partial charge in [-0.15, -0.1) is 23.7 Å². The monoisotopic (exact) mass is 261 g/mol. The number of aromatic nitrogens is 1. The molecule has 2 heterocycles. The molecule has 1 aliphatic heterocycles. The molecule has 3 nitrogen and oxygen atoms in total. The van der Waals surface area contributed by atoms with Crippen LogP contribution in [-0.4, -0.2) is 29.0 Å². The van der Waals surface area contributed by atoms with E-state index in [1.54, 1.807) is 0 Å². The van der Waals surface area contributed by atoms with Crippen molar-refractivity contribution in [3.63, 3.8) is 0 Å². The number of thiazole rings is 1. The Morgan fingerprint density at radius 3 is 3.06 bits per heavy atom. The first-order valence-corrected chi connectivity index (χ1v) is 6.51. The van der Waals surface area contributed by atoms with Gasteiger partial charge in [0.05, 0.1) is 5.01 Å². The van der Waals surface area contributed by atoms with Crippen LogP contribution < -0.4 is 5.73 Å². The van der Waals surface area contributed by atoms with Crippen LogP contribution >= 0.6 is 23.7 Å². The molecular weight excluding hydrogens is 242 g/mol. The number of nitrogens with two attached hydrogens (primary N) is 1. The normalized spacial score (nSPS) is 21.8. The number of likely N-dealkylation sites (tertiary alicyclic amines) is 1. The standard InChI is InChI=1S/C11H19N3S.ClH/c1-2-11-13-6-10(15-11)8-14-5-3-4-9(12)7-14;/h6,9H,2-5,7-8,12H2,1H3;1H. The highest BCUT2D eigenvalue weighted by Gasteiger charge is 2.17. The molecule has 1 aliphatic rings. The second-order valence-electron chi connectivity index (χ2n) is 4.21. The minimum absolute atomic E-state index is 0. The van der Waals surface area contributed by atoms with Gasteiger partial charge in [0, 0.05) is 30.2 Å². The first-order valence-electron chi connectivity index (χ1n) is 5.69. The Bertz CT molecular complexity index is 316. The van der Waals surface area contributed by atoms with Gasteiger partial charge in [-0.05, 0) is 25.8 Å². The molecule has 5 heteroatoms. The number of hydrogen-bond acceptors (Lipinski definition) is 4. The summed E-state index contributed by atoms with van der Waals surface area (Å²) in [5.41, 5.74) is 5.96. The first kappa shape index (κ1) is 13.9. The average molecular weight is 262 g/mol. The minimum Gasteiger partial charge on any atom is -0.327 e. The fourth-order valence-electron chi connectivity index (χ4n) is 2.04. The molecule has 1 fully saturated rings. The van der Waals surface area contributed by atoms with Crippen molar-refractivity contribution in [2.75, 3.05) is 13.1 Å². The van der Waals surface area contributed by atoms with E-state index in [9.17, 15) is 0 Å². The number of aryl methyl sites for hydroxylation is 1. The van der Waals surface area contributed by atoms with Crippen LogP contribution in [-0.2, 0) is 13.0 Å². The fourth-order valence-corrected chi connectivity index (χ4v) is 2.94. The molecule has 0 bridgehead atoms. The smallest absolute Gasteiger partial charge is 0.0925 e. The lowest BCUT2D eigenvalue weighted by atomic mass is 10.1. The Morgan fingerprint density at radius 1 is 1.62 bits per heavy atom. The Morgan fingerprint density at radius 2 is 2.44 bits per heavy atom. The second-order valence-corrected chi connectivity index (χ2v) is 5.41. The maximum atomic E-state index is 5.96. The second kappa shape index (κ2) is 6.55. The summed E-state index contributed by atoms with van der Waals surface area (Å²) >= 11 is 1.83. The summed E-state index contributed by atoms with van der Waals surface area (Å²) in [6.07, 6.45) is 5.48. The van der Waals surface area contributed by atoms with Crippen molar-refractivity contribution in [3.05, 3.63) is 16.1 Å². The number of piperidine rings is 1. The Balaban J connectivity index is 0.00000128. The molecule has 1 atom stereocenters. The van der Waals surface area contributed by atoms with Crippen molar-refractivity contribution in [1.29, 1.82) is 0 Å². The van der Waals surface area contributed by atoms with Gasteiger partial charge in [-0.3, -0.25) is 4.90 Å². The van der Waals surface area contributed by atoms with Crippen LogP contribution in [0.15, 0.2) is 6.20 Å². The highest BCUT2D eigenvalue weighted by molar-refractivity contribution is 7.11. The molecule has 0 spiro atoms. The van der Waals surface area contributed by atoms with Gasteiger partial charge in [0.1, 0.15) is 0 Å². The summed E-state index contributed by atoms with van der Waals surface area (Å²) in [6, 6.07) is 0.373. The van der Waals surface area contributed by atoms with Crippen LogP contribution in [0.1, 0.15) is 29.7 Å². The summed E-state index contributed by atoms with van der Waals surface area (Å²) in [5, 5.41) is 1.24. The van der Waals surface area contributed by atoms with E-state index in [2.05, 4.69) is 16.8 Å². The molecule has 2 rings (SSSR count). The van der Waals surface area contributed by atoms with E-state index in [1.807, 2.05) is 17.5 Å². The maximum Gasteiger partial charge on any atom is 0.0925 e. The Labute approximate surface area is 107 Å². The zero-order chi connectivity index (χ0) is 10.7. The molecule has 2 N–H and O–H groups in total. The van der Waals surface area contributed by atoms with Gasteiger partial charge in [-0.25, -0.2) is 4.98 Å². The average Bonchev–Trinajstić information content (AvgIpc) is 2.65. The predicted molar refractivity (Wildman–Crippen MR) is 71.2 cm³/mol. The van der Waals surface area contributed by atoms with Gasteiger partial charge in [0.2, 0.25) is 0 Å². The largest absolute Gasteiger partial charge is 0.327 e. The quantitative estimate of drug-likeness (QED) is 0.906. The van der Waals surface area contributed by atoms with Crippen molar-refractivity contribution in [2.45, 2.75) is 38.8 Å². The molecule has 0 aliphatic carbocycles. The summed E-state index contributed by atoms with van der Waals surface area (Å²) < 4.78 is 0. The zero-order valence-corrected chi connectivity index (χ0v) is 11.3. The Kier molecular flexibility index (Phi) is 5.69. The molecule has 0 radical (unpaired) electrons. The van der Waals surface area contributed by atoms with Crippen LogP contribution in [0.2, 0.25) is 0 Å². The van der Waals surface area contributed by atoms with Crippen LogP contribution in [0.5, 0.6) is 0 Å². The van der Waals surface area contributed by atoms with E-state index in [0.29, 0.717) is 6.04 Å². The van der Waals surface area contributed by atoms with E-state index in [0.717, 1.165) is 19.5 Å². The van der Waals surface area contributed by atoms with Gasteiger partial charge < -0.3 is 5.73 Å². The summed E-state index contributed by atoms with van der Waals surface area (Å²) in [7, 11) is 0. The summed E-state index contributed by atoms with van der Waals surface area (Å²) in [6.45, 7) is 5.41. The number of rotatable bonds is 3. The first-order chi connectivity index (χ1) is 7.28. The highest BCUT2D eigenvalue weighted by Crippen LogP contribution is 2.18. The van der Waals surface area contributed by atoms with E-state index in [-0.39, 0.29) is 12.4 Å². The SMILES string of the molecule is CCc1ncc(CN2CCCC(N)C2)s1.Cl. The number of hydrogen-bond donors (Lipinski definition) is 1. The third kappa shape index (κ3) is 3.70. The van der Waals surface area contributed by atoms with Crippen LogP contribution in [0.25, 0.3) is 0 Å². The van der Waals surface area contributed by atoms with Crippen LogP contribution in [0.3, 0.4) is 0 Å². The van der Waals surface area contributed by atoms with E-state index in [4.69, 9.17) is 5.73 Å². The molecule has 0 amide bonds. The number of nitrogens with zero attached hydrogens (tertiary/aromatic N) is 2. The molecule has 1 aromatic heterocycles. The van der Waals surface area contributed by atoms with Crippen molar-refractivity contribution in [1.82, 2.24) is 9.88 Å². The summed E-state index contributed by atoms with van der Waals surface area (Å²) in [5.74, 6) is 0. The highest BCUT2D eigenvalue weighted by atomic mass is 35.5. The topological polar surface area (TPSA) is 42.2 Å². The molecular formula is C11H20ClN3S. The van der Waals surface area contributed by atoms with Gasteiger partial charge in [-0.1, -0.05) is 6.92 Å². The van der Waals surface area contributed by atoms with Gasteiger partial charge >= 0.3 is 0 Å². The van der Waals surface area contributed by atoms with Gasteiger partial charge in [0.25, 0.3) is 0 Å². The zero-order valence-electron chi connectivity index (χ0n) is 9.69. The molecule has 0 saturated carbocycles. The van der Waals surface area contributed by atoms with Crippen LogP contribution in [0.4, 0.5) is 0 Å². The molecule has 1 aromatic rings. The maximum absolute atomic E-state index is 5.96. The van der Waals surface area contributed by atoms with Crippen molar-refractivity contribution >= 4 is 23.7 Å². The molecule has 16 heavy (non-hydrogen) atoms. The third-order valence-electron chi connectivity index (χ3n) is 2.83. The lowest BCUT2D eigenvalue weighted by Gasteiger charge is -2.29.